The van der Waals surface area contributed by atoms with E-state index in [-0.39, 0.29) is 29.2 Å². The number of thiophene rings is 1. The maximum Gasteiger partial charge on any atom is 0.425 e. The van der Waals surface area contributed by atoms with Crippen LogP contribution in [0.4, 0.5) is 23.0 Å². The Bertz CT molecular complexity index is 665. The lowest BCUT2D eigenvalue weighted by atomic mass is 9.89. The summed E-state index contributed by atoms with van der Waals surface area (Å²) in [6, 6.07) is 1.74. The predicted octanol–water partition coefficient (Wildman–Crippen LogP) is 3.56. The first-order valence-corrected chi connectivity index (χ1v) is 7.63. The average Bonchev–Trinajstić information content (AvgIpc) is 2.61. The molecule has 1 aromatic rings. The van der Waals surface area contributed by atoms with E-state index in [1.165, 1.54) is 4.90 Å². The van der Waals surface area contributed by atoms with Crippen LogP contribution >= 0.6 is 11.3 Å². The number of hydrogen-bond donors (Lipinski definition) is 1. The third kappa shape index (κ3) is 3.52. The Morgan fingerprint density at radius 2 is 1.96 bits per heavy atom. The van der Waals surface area contributed by atoms with Gasteiger partial charge in [-0.1, -0.05) is 0 Å². The summed E-state index contributed by atoms with van der Waals surface area (Å²) < 4.78 is 44.5. The van der Waals surface area contributed by atoms with Crippen molar-refractivity contribution in [3.63, 3.8) is 0 Å². The molecule has 0 radical (unpaired) electrons. The maximum atomic E-state index is 13.1. The quantitative estimate of drug-likeness (QED) is 0.842. The van der Waals surface area contributed by atoms with E-state index in [1.807, 2.05) is 0 Å². The molecule has 1 saturated heterocycles. The normalized spacial score (nSPS) is 16.0. The zero-order chi connectivity index (χ0) is 17.6. The van der Waals surface area contributed by atoms with Crippen LogP contribution in [0, 0.1) is 11.3 Å². The highest BCUT2D eigenvalue weighted by Gasteiger charge is 2.44. The van der Waals surface area contributed by atoms with E-state index >= 15 is 0 Å². The molecule has 1 aromatic heterocycles. The lowest BCUT2D eigenvalue weighted by Gasteiger charge is -2.40. The zero-order valence-corrected chi connectivity index (χ0v) is 13.6. The van der Waals surface area contributed by atoms with Crippen LogP contribution in [-0.4, -0.2) is 29.7 Å². The van der Waals surface area contributed by atoms with Gasteiger partial charge in [0.15, 0.2) is 0 Å². The summed E-state index contributed by atoms with van der Waals surface area (Å²) in [5.74, 6) is -0.567. The molecule has 0 spiro atoms. The van der Waals surface area contributed by atoms with Gasteiger partial charge in [-0.3, -0.25) is 0 Å². The van der Waals surface area contributed by atoms with Gasteiger partial charge in [-0.05, 0) is 20.8 Å². The minimum absolute atomic E-state index is 0.0723. The first kappa shape index (κ1) is 17.4. The third-order valence-electron chi connectivity index (χ3n) is 3.28. The number of nitriles is 1. The molecule has 2 heterocycles. The highest BCUT2D eigenvalue weighted by atomic mass is 32.1. The van der Waals surface area contributed by atoms with Gasteiger partial charge in [0.05, 0.1) is 5.56 Å². The van der Waals surface area contributed by atoms with Gasteiger partial charge in [0.25, 0.3) is 0 Å². The van der Waals surface area contributed by atoms with Gasteiger partial charge in [-0.25, -0.2) is 4.79 Å². The van der Waals surface area contributed by atoms with Crippen molar-refractivity contribution >= 4 is 22.4 Å². The fourth-order valence-corrected chi connectivity index (χ4v) is 3.29. The molecular formula is C14H16F3N3O2S. The SMILES string of the molecule is CC(C)(C)OC(=O)N1CC(c2c(C(F)(F)F)sc(N)c2C#N)C1. The molecule has 1 aliphatic heterocycles. The monoisotopic (exact) mass is 347 g/mol. The van der Waals surface area contributed by atoms with Crippen LogP contribution in [0.2, 0.25) is 0 Å². The number of anilines is 1. The van der Waals surface area contributed by atoms with Crippen LogP contribution in [0.15, 0.2) is 0 Å². The van der Waals surface area contributed by atoms with E-state index in [2.05, 4.69) is 0 Å². The lowest BCUT2D eigenvalue weighted by molar-refractivity contribution is -0.135. The van der Waals surface area contributed by atoms with Gasteiger partial charge in [-0.2, -0.15) is 18.4 Å². The highest BCUT2D eigenvalue weighted by molar-refractivity contribution is 7.16. The number of carbonyl (C=O) groups is 1. The van der Waals surface area contributed by atoms with Gasteiger partial charge in [0.2, 0.25) is 0 Å². The first-order valence-electron chi connectivity index (χ1n) is 6.81. The number of ether oxygens (including phenoxy) is 1. The van der Waals surface area contributed by atoms with Gasteiger partial charge in [0.1, 0.15) is 21.5 Å². The van der Waals surface area contributed by atoms with Crippen molar-refractivity contribution < 1.29 is 22.7 Å². The van der Waals surface area contributed by atoms with Gasteiger partial charge in [0, 0.05) is 24.6 Å². The Balaban J connectivity index is 2.20. The maximum absolute atomic E-state index is 13.1. The molecule has 0 atom stereocenters. The second-order valence-corrected chi connectivity index (χ2v) is 7.33. The Kier molecular flexibility index (Phi) is 4.24. The molecule has 0 aliphatic carbocycles. The molecule has 0 unspecified atom stereocenters. The molecule has 23 heavy (non-hydrogen) atoms. The van der Waals surface area contributed by atoms with Crippen molar-refractivity contribution in [1.82, 2.24) is 4.90 Å². The molecule has 0 saturated carbocycles. The van der Waals surface area contributed by atoms with E-state index < -0.39 is 28.7 Å². The van der Waals surface area contributed by atoms with E-state index in [9.17, 15) is 18.0 Å². The predicted molar refractivity (Wildman–Crippen MR) is 79.0 cm³/mol. The molecule has 5 nitrogen and oxygen atoms in total. The standard InChI is InChI=1S/C14H16F3N3O2S/c1-13(2,3)22-12(21)20-5-7(6-20)9-8(4-18)11(19)23-10(9)14(15,16)17/h7H,5-6,19H2,1-3H3. The highest BCUT2D eigenvalue weighted by Crippen LogP contribution is 2.47. The van der Waals surface area contributed by atoms with Crippen molar-refractivity contribution in [2.45, 2.75) is 38.5 Å². The average molecular weight is 347 g/mol. The van der Waals surface area contributed by atoms with E-state index in [0.29, 0.717) is 11.3 Å². The van der Waals surface area contributed by atoms with Crippen LogP contribution in [-0.2, 0) is 10.9 Å². The van der Waals surface area contributed by atoms with Gasteiger partial charge in [-0.15, -0.1) is 11.3 Å². The fraction of sp³-hybridized carbons (Fsp3) is 0.571. The number of carbonyl (C=O) groups excluding carboxylic acids is 1. The molecule has 2 rings (SSSR count). The smallest absolute Gasteiger partial charge is 0.425 e. The summed E-state index contributed by atoms with van der Waals surface area (Å²) in [6.45, 7) is 5.26. The van der Waals surface area contributed by atoms with E-state index in [1.54, 1.807) is 26.8 Å². The summed E-state index contributed by atoms with van der Waals surface area (Å²) >= 11 is 0.365. The molecule has 126 valence electrons. The van der Waals surface area contributed by atoms with Crippen molar-refractivity contribution in [3.05, 3.63) is 16.0 Å². The first-order chi connectivity index (χ1) is 10.4. The summed E-state index contributed by atoms with van der Waals surface area (Å²) in [7, 11) is 0. The fourth-order valence-electron chi connectivity index (χ4n) is 2.31. The second kappa shape index (κ2) is 5.60. The Morgan fingerprint density at radius 3 is 2.39 bits per heavy atom. The van der Waals surface area contributed by atoms with E-state index in [0.717, 1.165) is 0 Å². The van der Waals surface area contributed by atoms with Crippen LogP contribution in [0.3, 0.4) is 0 Å². The number of alkyl halides is 3. The van der Waals surface area contributed by atoms with E-state index in [4.69, 9.17) is 15.7 Å². The summed E-state index contributed by atoms with van der Waals surface area (Å²) in [4.78, 5) is 12.3. The number of halogens is 3. The molecule has 9 heteroatoms. The van der Waals surface area contributed by atoms with Gasteiger partial charge >= 0.3 is 12.3 Å². The number of likely N-dealkylation sites (tertiary alicyclic amines) is 1. The van der Waals surface area contributed by atoms with Crippen molar-refractivity contribution in [1.29, 1.82) is 5.26 Å². The third-order valence-corrected chi connectivity index (χ3v) is 4.36. The van der Waals surface area contributed by atoms with Crippen molar-refractivity contribution in [2.24, 2.45) is 0 Å². The lowest BCUT2D eigenvalue weighted by Crippen LogP contribution is -2.50. The number of hydrogen-bond acceptors (Lipinski definition) is 5. The molecule has 0 bridgehead atoms. The molecule has 0 aromatic carbocycles. The summed E-state index contributed by atoms with van der Waals surface area (Å²) in [5, 5.41) is 8.93. The summed E-state index contributed by atoms with van der Waals surface area (Å²) in [5.41, 5.74) is 4.61. The number of nitrogen functional groups attached to an aromatic ring is 1. The van der Waals surface area contributed by atoms with Gasteiger partial charge < -0.3 is 15.4 Å². The Labute approximate surface area is 135 Å². The zero-order valence-electron chi connectivity index (χ0n) is 12.8. The number of nitrogens with zero attached hydrogens (tertiary/aromatic N) is 2. The van der Waals surface area contributed by atoms with Crippen LogP contribution in [0.1, 0.15) is 42.7 Å². The van der Waals surface area contributed by atoms with Crippen molar-refractivity contribution in [2.75, 3.05) is 18.8 Å². The molecule has 1 amide bonds. The molecule has 1 aliphatic rings. The largest absolute Gasteiger partial charge is 0.444 e. The topological polar surface area (TPSA) is 79.3 Å². The van der Waals surface area contributed by atoms with Crippen molar-refractivity contribution in [3.8, 4) is 6.07 Å². The van der Waals surface area contributed by atoms with Crippen LogP contribution < -0.4 is 5.73 Å². The second-order valence-electron chi connectivity index (χ2n) is 6.28. The number of amides is 1. The van der Waals surface area contributed by atoms with Crippen LogP contribution in [0.25, 0.3) is 0 Å². The minimum Gasteiger partial charge on any atom is -0.444 e. The molecule has 1 fully saturated rings. The molecule has 2 N–H and O–H groups in total. The summed E-state index contributed by atoms with van der Waals surface area (Å²) in [6.07, 6.45) is -5.15. The minimum atomic E-state index is -4.57. The Hall–Kier alpha value is -1.95. The van der Waals surface area contributed by atoms with Crippen LogP contribution in [0.5, 0.6) is 0 Å². The number of nitrogens with two attached hydrogens (primary N) is 1. The Morgan fingerprint density at radius 1 is 1.39 bits per heavy atom. The molecular weight excluding hydrogens is 331 g/mol. The number of rotatable bonds is 1.